The van der Waals surface area contributed by atoms with Crippen LogP contribution in [0.4, 0.5) is 0 Å². The Kier molecular flexibility index (Phi) is 9.56. The van der Waals surface area contributed by atoms with Crippen LogP contribution in [0.15, 0.2) is 46.9 Å². The van der Waals surface area contributed by atoms with E-state index in [0.717, 1.165) is 21.2 Å². The van der Waals surface area contributed by atoms with Crippen molar-refractivity contribution in [3.05, 3.63) is 63.6 Å². The summed E-state index contributed by atoms with van der Waals surface area (Å²) in [5, 5.41) is 2.97. The molecule has 0 aliphatic rings. The van der Waals surface area contributed by atoms with Crippen LogP contribution in [0.25, 0.3) is 0 Å². The number of nitrogens with one attached hydrogen (secondary N) is 1. The van der Waals surface area contributed by atoms with Crippen LogP contribution in [0.2, 0.25) is 0 Å². The van der Waals surface area contributed by atoms with Crippen molar-refractivity contribution < 1.29 is 14.3 Å². The van der Waals surface area contributed by atoms with Crippen molar-refractivity contribution in [1.82, 2.24) is 10.2 Å². The highest BCUT2D eigenvalue weighted by Crippen LogP contribution is 2.22. The van der Waals surface area contributed by atoms with Crippen LogP contribution in [-0.4, -0.2) is 35.9 Å². The van der Waals surface area contributed by atoms with E-state index in [2.05, 4.69) is 21.2 Å². The maximum atomic E-state index is 13.2. The molecule has 0 radical (unpaired) electrons. The van der Waals surface area contributed by atoms with Gasteiger partial charge in [-0.1, -0.05) is 66.5 Å². The van der Waals surface area contributed by atoms with Gasteiger partial charge in [-0.3, -0.25) is 9.59 Å². The Hall–Kier alpha value is -2.34. The number of carbonyl (C=O) groups excluding carboxylic acids is 2. The molecule has 0 unspecified atom stereocenters. The van der Waals surface area contributed by atoms with Crippen molar-refractivity contribution >= 4 is 27.7 Å². The van der Waals surface area contributed by atoms with Crippen LogP contribution in [-0.2, 0) is 16.1 Å². The molecule has 0 saturated heterocycles. The van der Waals surface area contributed by atoms with E-state index >= 15 is 0 Å². The predicted molar refractivity (Wildman–Crippen MR) is 128 cm³/mol. The second-order valence-electron chi connectivity index (χ2n) is 8.27. The molecule has 0 heterocycles. The number of hydrogen-bond donors (Lipinski definition) is 1. The first-order valence-corrected chi connectivity index (χ1v) is 11.5. The molecule has 1 atom stereocenters. The number of carbonyl (C=O) groups is 2. The van der Waals surface area contributed by atoms with Crippen LogP contribution in [0.3, 0.4) is 0 Å². The molecule has 168 valence electrons. The van der Waals surface area contributed by atoms with Crippen LogP contribution < -0.4 is 10.1 Å². The third kappa shape index (κ3) is 7.69. The number of aryl methyl sites for hydroxylation is 2. The molecule has 2 amide bonds. The van der Waals surface area contributed by atoms with E-state index in [4.69, 9.17) is 4.74 Å². The summed E-state index contributed by atoms with van der Waals surface area (Å²) in [5.74, 6) is 0.622. The molecular formula is C25H33BrN2O3. The summed E-state index contributed by atoms with van der Waals surface area (Å²) in [6.45, 7) is 10.8. The van der Waals surface area contributed by atoms with Gasteiger partial charge in [0, 0.05) is 17.6 Å². The van der Waals surface area contributed by atoms with Crippen molar-refractivity contribution in [2.24, 2.45) is 5.92 Å². The standard InChI is InChI=1S/C25H33BrN2O3/c1-6-23(25(30)27-14-17(2)3)28(15-20-9-7-18(4)8-10-20)24(29)16-31-21-11-12-22(26)19(5)13-21/h7-13,17,23H,6,14-16H2,1-5H3,(H,27,30)/t23-/m0/s1. The highest BCUT2D eigenvalue weighted by atomic mass is 79.9. The molecule has 1 N–H and O–H groups in total. The topological polar surface area (TPSA) is 58.6 Å². The van der Waals surface area contributed by atoms with E-state index in [-0.39, 0.29) is 18.4 Å². The van der Waals surface area contributed by atoms with E-state index in [1.165, 1.54) is 0 Å². The van der Waals surface area contributed by atoms with Gasteiger partial charge < -0.3 is 15.0 Å². The first-order chi connectivity index (χ1) is 14.7. The highest BCUT2D eigenvalue weighted by Gasteiger charge is 2.29. The molecule has 2 aromatic rings. The fourth-order valence-corrected chi connectivity index (χ4v) is 3.41. The summed E-state index contributed by atoms with van der Waals surface area (Å²) >= 11 is 3.47. The van der Waals surface area contributed by atoms with Gasteiger partial charge in [-0.2, -0.15) is 0 Å². The predicted octanol–water partition coefficient (Wildman–Crippen LogP) is 5.02. The summed E-state index contributed by atoms with van der Waals surface area (Å²) in [5.41, 5.74) is 3.16. The molecule has 2 aromatic carbocycles. The van der Waals surface area contributed by atoms with E-state index in [0.29, 0.717) is 31.2 Å². The second kappa shape index (κ2) is 11.9. The number of rotatable bonds is 10. The van der Waals surface area contributed by atoms with E-state index in [1.807, 2.05) is 77.1 Å². The van der Waals surface area contributed by atoms with Crippen molar-refractivity contribution in [3.63, 3.8) is 0 Å². The Morgan fingerprint density at radius 1 is 1.10 bits per heavy atom. The molecule has 0 aliphatic heterocycles. The normalized spacial score (nSPS) is 11.8. The van der Waals surface area contributed by atoms with E-state index in [9.17, 15) is 9.59 Å². The van der Waals surface area contributed by atoms with Gasteiger partial charge in [-0.25, -0.2) is 0 Å². The van der Waals surface area contributed by atoms with Gasteiger partial charge in [0.2, 0.25) is 5.91 Å². The van der Waals surface area contributed by atoms with Crippen LogP contribution in [0.5, 0.6) is 5.75 Å². The quantitative estimate of drug-likeness (QED) is 0.510. The zero-order valence-electron chi connectivity index (χ0n) is 19.1. The zero-order chi connectivity index (χ0) is 23.0. The molecule has 5 nitrogen and oxygen atoms in total. The summed E-state index contributed by atoms with van der Waals surface area (Å²) in [4.78, 5) is 27.7. The number of amides is 2. The smallest absolute Gasteiger partial charge is 0.261 e. The molecule has 0 fully saturated rings. The molecule has 0 aliphatic carbocycles. The third-order valence-corrected chi connectivity index (χ3v) is 5.93. The monoisotopic (exact) mass is 488 g/mol. The average Bonchev–Trinajstić information content (AvgIpc) is 2.74. The Balaban J connectivity index is 2.19. The number of hydrogen-bond acceptors (Lipinski definition) is 3. The summed E-state index contributed by atoms with van der Waals surface area (Å²) in [6, 6.07) is 13.1. The average molecular weight is 489 g/mol. The molecule has 0 bridgehead atoms. The number of benzene rings is 2. The minimum absolute atomic E-state index is 0.124. The van der Waals surface area contributed by atoms with Gasteiger partial charge in [0.25, 0.3) is 5.91 Å². The molecule has 31 heavy (non-hydrogen) atoms. The van der Waals surface area contributed by atoms with Crippen molar-refractivity contribution in [3.8, 4) is 5.75 Å². The second-order valence-corrected chi connectivity index (χ2v) is 9.12. The van der Waals surface area contributed by atoms with E-state index in [1.54, 1.807) is 4.90 Å². The van der Waals surface area contributed by atoms with Gasteiger partial charge in [0.15, 0.2) is 6.61 Å². The number of nitrogens with zero attached hydrogens (tertiary/aromatic N) is 1. The van der Waals surface area contributed by atoms with Gasteiger partial charge in [-0.15, -0.1) is 0 Å². The Labute approximate surface area is 194 Å². The minimum atomic E-state index is -0.553. The Morgan fingerprint density at radius 3 is 2.35 bits per heavy atom. The van der Waals surface area contributed by atoms with Crippen LogP contribution >= 0.6 is 15.9 Å². The van der Waals surface area contributed by atoms with Gasteiger partial charge in [0.05, 0.1) is 0 Å². The zero-order valence-corrected chi connectivity index (χ0v) is 20.7. The Bertz CT molecular complexity index is 881. The number of halogens is 1. The summed E-state index contributed by atoms with van der Waals surface area (Å²) < 4.78 is 6.76. The van der Waals surface area contributed by atoms with Crippen LogP contribution in [0.1, 0.15) is 43.9 Å². The molecule has 0 aromatic heterocycles. The fraction of sp³-hybridized carbons (Fsp3) is 0.440. The Morgan fingerprint density at radius 2 is 1.77 bits per heavy atom. The maximum absolute atomic E-state index is 13.2. The lowest BCUT2D eigenvalue weighted by molar-refractivity contribution is -0.143. The summed E-state index contributed by atoms with van der Waals surface area (Å²) in [7, 11) is 0. The van der Waals surface area contributed by atoms with Crippen molar-refractivity contribution in [2.45, 2.75) is 53.6 Å². The minimum Gasteiger partial charge on any atom is -0.484 e. The van der Waals surface area contributed by atoms with Gasteiger partial charge in [0.1, 0.15) is 11.8 Å². The maximum Gasteiger partial charge on any atom is 0.261 e. The van der Waals surface area contributed by atoms with Crippen molar-refractivity contribution in [2.75, 3.05) is 13.2 Å². The molecule has 0 spiro atoms. The summed E-state index contributed by atoms with van der Waals surface area (Å²) in [6.07, 6.45) is 0.527. The van der Waals surface area contributed by atoms with Crippen LogP contribution in [0, 0.1) is 19.8 Å². The highest BCUT2D eigenvalue weighted by molar-refractivity contribution is 9.10. The third-order valence-electron chi connectivity index (χ3n) is 5.04. The van der Waals surface area contributed by atoms with Gasteiger partial charge in [-0.05, 0) is 55.5 Å². The van der Waals surface area contributed by atoms with E-state index < -0.39 is 6.04 Å². The fourth-order valence-electron chi connectivity index (χ4n) is 3.17. The lowest BCUT2D eigenvalue weighted by Crippen LogP contribution is -2.50. The largest absolute Gasteiger partial charge is 0.484 e. The van der Waals surface area contributed by atoms with Crippen molar-refractivity contribution in [1.29, 1.82) is 0 Å². The first kappa shape index (κ1) is 24.9. The molecule has 0 saturated carbocycles. The lowest BCUT2D eigenvalue weighted by atomic mass is 10.1. The van der Waals surface area contributed by atoms with Gasteiger partial charge >= 0.3 is 0 Å². The molecule has 2 rings (SSSR count). The number of ether oxygens (including phenoxy) is 1. The lowest BCUT2D eigenvalue weighted by Gasteiger charge is -2.31. The molecule has 6 heteroatoms. The first-order valence-electron chi connectivity index (χ1n) is 10.7. The molecular weight excluding hydrogens is 456 g/mol. The SMILES string of the molecule is CC[C@@H](C(=O)NCC(C)C)N(Cc1ccc(C)cc1)C(=O)COc1ccc(Br)c(C)c1.